The van der Waals surface area contributed by atoms with Gasteiger partial charge < -0.3 is 4.74 Å². The van der Waals surface area contributed by atoms with E-state index in [0.29, 0.717) is 13.0 Å². The summed E-state index contributed by atoms with van der Waals surface area (Å²) in [6, 6.07) is 12.2. The van der Waals surface area contributed by atoms with Gasteiger partial charge in [0.25, 0.3) is 0 Å². The van der Waals surface area contributed by atoms with Crippen molar-refractivity contribution in [1.29, 1.82) is 0 Å². The maximum absolute atomic E-state index is 11.5. The van der Waals surface area contributed by atoms with Crippen molar-refractivity contribution >= 4 is 16.7 Å². The molecule has 2 heteroatoms. The highest BCUT2D eigenvalue weighted by Gasteiger charge is 2.08. The number of esters is 1. The molecule has 0 N–H and O–H groups in total. The fraction of sp³-hybridized carbons (Fsp3) is 0.267. The van der Waals surface area contributed by atoms with Gasteiger partial charge in [-0.3, -0.25) is 4.79 Å². The average Bonchev–Trinajstić information content (AvgIpc) is 2.34. The molecule has 0 aliphatic carbocycles. The van der Waals surface area contributed by atoms with Gasteiger partial charge >= 0.3 is 5.97 Å². The molecule has 88 valence electrons. The number of carbonyl (C=O) groups excluding carboxylic acids is 1. The molecular weight excluding hydrogens is 212 g/mol. The first-order valence-electron chi connectivity index (χ1n) is 5.85. The summed E-state index contributed by atoms with van der Waals surface area (Å²) in [6.45, 7) is 4.34. The van der Waals surface area contributed by atoms with Crippen LogP contribution in [-0.4, -0.2) is 12.6 Å². The van der Waals surface area contributed by atoms with E-state index in [4.69, 9.17) is 4.74 Å². The summed E-state index contributed by atoms with van der Waals surface area (Å²) >= 11 is 0. The third-order valence-corrected chi connectivity index (χ3v) is 2.87. The van der Waals surface area contributed by atoms with Gasteiger partial charge in [0.2, 0.25) is 0 Å². The van der Waals surface area contributed by atoms with Crippen LogP contribution in [0.2, 0.25) is 0 Å². The largest absolute Gasteiger partial charge is 0.466 e. The Kier molecular flexibility index (Phi) is 3.43. The summed E-state index contributed by atoms with van der Waals surface area (Å²) in [6.07, 6.45) is 0.342. The first kappa shape index (κ1) is 11.6. The van der Waals surface area contributed by atoms with Crippen LogP contribution in [0.4, 0.5) is 0 Å². The number of hydrogen-bond acceptors (Lipinski definition) is 2. The molecular formula is C15H16O2. The molecule has 0 heterocycles. The highest BCUT2D eigenvalue weighted by molar-refractivity contribution is 5.91. The molecule has 0 unspecified atom stereocenters. The predicted octanol–water partition coefficient (Wildman–Crippen LogP) is 3.25. The zero-order chi connectivity index (χ0) is 12.3. The smallest absolute Gasteiger partial charge is 0.310 e. The van der Waals surface area contributed by atoms with E-state index in [1.807, 2.05) is 25.1 Å². The van der Waals surface area contributed by atoms with Gasteiger partial charge in [0.05, 0.1) is 13.0 Å². The van der Waals surface area contributed by atoms with Crippen molar-refractivity contribution in [3.63, 3.8) is 0 Å². The van der Waals surface area contributed by atoms with Crippen LogP contribution in [0.1, 0.15) is 18.1 Å². The van der Waals surface area contributed by atoms with E-state index in [1.54, 1.807) is 0 Å². The molecule has 0 atom stereocenters. The molecule has 0 fully saturated rings. The summed E-state index contributed by atoms with van der Waals surface area (Å²) < 4.78 is 4.99. The van der Waals surface area contributed by atoms with Crippen molar-refractivity contribution in [1.82, 2.24) is 0 Å². The van der Waals surface area contributed by atoms with Crippen LogP contribution in [0.15, 0.2) is 36.4 Å². The second-order valence-electron chi connectivity index (χ2n) is 4.07. The van der Waals surface area contributed by atoms with Crippen molar-refractivity contribution < 1.29 is 9.53 Å². The fourth-order valence-corrected chi connectivity index (χ4v) is 2.03. The molecule has 2 nitrogen and oxygen atoms in total. The van der Waals surface area contributed by atoms with E-state index in [9.17, 15) is 4.79 Å². The number of benzene rings is 2. The Bertz CT molecular complexity index is 544. The van der Waals surface area contributed by atoms with E-state index in [-0.39, 0.29) is 5.97 Å². The molecule has 0 bridgehead atoms. The second kappa shape index (κ2) is 5.00. The molecule has 2 rings (SSSR count). The van der Waals surface area contributed by atoms with Crippen LogP contribution in [-0.2, 0) is 16.0 Å². The first-order chi connectivity index (χ1) is 8.22. The number of carbonyl (C=O) groups is 1. The van der Waals surface area contributed by atoms with Gasteiger partial charge in [0, 0.05) is 0 Å². The molecule has 0 radical (unpaired) electrons. The van der Waals surface area contributed by atoms with Crippen molar-refractivity contribution in [2.24, 2.45) is 0 Å². The lowest BCUT2D eigenvalue weighted by Gasteiger charge is -2.08. The van der Waals surface area contributed by atoms with Crippen molar-refractivity contribution in [3.8, 4) is 0 Å². The Morgan fingerprint density at radius 2 is 1.82 bits per heavy atom. The summed E-state index contributed by atoms with van der Waals surface area (Å²) in [4.78, 5) is 11.5. The van der Waals surface area contributed by atoms with E-state index in [0.717, 1.165) is 10.9 Å². The molecule has 0 aliphatic heterocycles. The molecule has 0 saturated carbocycles. The van der Waals surface area contributed by atoms with Gasteiger partial charge in [-0.05, 0) is 35.7 Å². The van der Waals surface area contributed by atoms with E-state index < -0.39 is 0 Å². The molecule has 0 saturated heterocycles. The minimum atomic E-state index is -0.165. The van der Waals surface area contributed by atoms with Crippen LogP contribution in [0.3, 0.4) is 0 Å². The zero-order valence-electron chi connectivity index (χ0n) is 10.2. The molecule has 0 amide bonds. The number of ether oxygens (including phenoxy) is 1. The minimum Gasteiger partial charge on any atom is -0.466 e. The number of aryl methyl sites for hydroxylation is 1. The fourth-order valence-electron chi connectivity index (χ4n) is 2.03. The standard InChI is InChI=1S/C15H16O2/c1-3-17-15(16)10-12-9-8-11(2)13-6-4-5-7-14(12)13/h4-9H,3,10H2,1-2H3. The summed E-state index contributed by atoms with van der Waals surface area (Å²) in [7, 11) is 0. The van der Waals surface area contributed by atoms with Crippen LogP contribution in [0.25, 0.3) is 10.8 Å². The summed E-state index contributed by atoms with van der Waals surface area (Å²) in [5.41, 5.74) is 2.26. The third-order valence-electron chi connectivity index (χ3n) is 2.87. The lowest BCUT2D eigenvalue weighted by atomic mass is 9.98. The van der Waals surface area contributed by atoms with E-state index in [2.05, 4.69) is 25.1 Å². The van der Waals surface area contributed by atoms with E-state index >= 15 is 0 Å². The zero-order valence-corrected chi connectivity index (χ0v) is 10.2. The van der Waals surface area contributed by atoms with Gasteiger partial charge in [-0.25, -0.2) is 0 Å². The maximum Gasteiger partial charge on any atom is 0.310 e. The Balaban J connectivity index is 2.41. The highest BCUT2D eigenvalue weighted by Crippen LogP contribution is 2.22. The van der Waals surface area contributed by atoms with Crippen molar-refractivity contribution in [3.05, 3.63) is 47.5 Å². The minimum absolute atomic E-state index is 0.165. The van der Waals surface area contributed by atoms with Gasteiger partial charge in [0.15, 0.2) is 0 Å². The molecule has 0 aliphatic rings. The molecule has 0 aromatic heterocycles. The van der Waals surface area contributed by atoms with Gasteiger partial charge in [-0.1, -0.05) is 36.4 Å². The maximum atomic E-state index is 11.5. The van der Waals surface area contributed by atoms with Gasteiger partial charge in [-0.15, -0.1) is 0 Å². The van der Waals surface area contributed by atoms with Crippen molar-refractivity contribution in [2.45, 2.75) is 20.3 Å². The first-order valence-corrected chi connectivity index (χ1v) is 5.85. The normalized spacial score (nSPS) is 10.5. The topological polar surface area (TPSA) is 26.3 Å². The number of rotatable bonds is 3. The number of hydrogen-bond donors (Lipinski definition) is 0. The van der Waals surface area contributed by atoms with E-state index in [1.165, 1.54) is 10.9 Å². The van der Waals surface area contributed by atoms with Crippen LogP contribution < -0.4 is 0 Å². The highest BCUT2D eigenvalue weighted by atomic mass is 16.5. The Morgan fingerprint density at radius 1 is 1.12 bits per heavy atom. The van der Waals surface area contributed by atoms with Crippen LogP contribution in [0.5, 0.6) is 0 Å². The lowest BCUT2D eigenvalue weighted by Crippen LogP contribution is -2.07. The monoisotopic (exact) mass is 228 g/mol. The predicted molar refractivity (Wildman–Crippen MR) is 69.0 cm³/mol. The second-order valence-corrected chi connectivity index (χ2v) is 4.07. The van der Waals surface area contributed by atoms with Gasteiger partial charge in [-0.2, -0.15) is 0 Å². The molecule has 2 aromatic carbocycles. The number of fused-ring (bicyclic) bond motifs is 1. The quantitative estimate of drug-likeness (QED) is 0.754. The summed E-state index contributed by atoms with van der Waals surface area (Å²) in [5.74, 6) is -0.165. The Hall–Kier alpha value is -1.83. The summed E-state index contributed by atoms with van der Waals surface area (Å²) in [5, 5.41) is 2.34. The van der Waals surface area contributed by atoms with Gasteiger partial charge in [0.1, 0.15) is 0 Å². The Morgan fingerprint density at radius 3 is 2.53 bits per heavy atom. The lowest BCUT2D eigenvalue weighted by molar-refractivity contribution is -0.142. The SMILES string of the molecule is CCOC(=O)Cc1ccc(C)c2ccccc12. The Labute approximate surface area is 101 Å². The van der Waals surface area contributed by atoms with Crippen molar-refractivity contribution in [2.75, 3.05) is 6.61 Å². The molecule has 17 heavy (non-hydrogen) atoms. The third kappa shape index (κ3) is 2.47. The average molecular weight is 228 g/mol. The molecule has 2 aromatic rings. The van der Waals surface area contributed by atoms with Crippen LogP contribution in [0, 0.1) is 6.92 Å². The van der Waals surface area contributed by atoms with Crippen LogP contribution >= 0.6 is 0 Å². The molecule has 0 spiro atoms.